The minimum atomic E-state index is -0.263. The molecule has 3 heteroatoms. The van der Waals surface area contributed by atoms with Gasteiger partial charge in [0.25, 0.3) is 0 Å². The van der Waals surface area contributed by atoms with E-state index in [1.807, 2.05) is 37.9 Å². The maximum atomic E-state index is 11.8. The van der Waals surface area contributed by atoms with Crippen LogP contribution in [0.5, 0.6) is 0 Å². The number of carbonyl (C=O) groups excluding carboxylic acids is 1. The third-order valence-electron chi connectivity index (χ3n) is 4.26. The average molecular weight is 305 g/mol. The van der Waals surface area contributed by atoms with Crippen molar-refractivity contribution in [2.45, 2.75) is 32.7 Å². The Labute approximate surface area is 129 Å². The van der Waals surface area contributed by atoms with E-state index < -0.39 is 0 Å². The van der Waals surface area contributed by atoms with Gasteiger partial charge in [-0.3, -0.25) is 4.79 Å². The maximum Gasteiger partial charge on any atom is 0.230 e. The van der Waals surface area contributed by atoms with Crippen molar-refractivity contribution in [2.24, 2.45) is 5.41 Å². The summed E-state index contributed by atoms with van der Waals surface area (Å²) in [7, 11) is 1.89. The van der Waals surface area contributed by atoms with Crippen LogP contribution in [-0.4, -0.2) is 23.4 Å². The molecule has 89 valence electrons. The molecule has 0 spiro atoms. The summed E-state index contributed by atoms with van der Waals surface area (Å²) < 4.78 is 0. The second kappa shape index (κ2) is 4.81. The van der Waals surface area contributed by atoms with Crippen molar-refractivity contribution in [2.75, 3.05) is 7.05 Å². The van der Waals surface area contributed by atoms with Crippen LogP contribution in [0.3, 0.4) is 0 Å². The van der Waals surface area contributed by atoms with E-state index in [1.54, 1.807) is 0 Å². The van der Waals surface area contributed by atoms with Gasteiger partial charge in [0.15, 0.2) is 0 Å². The minimum Gasteiger partial charge on any atom is -0.339 e. The van der Waals surface area contributed by atoms with Gasteiger partial charge >= 0.3 is 0 Å². The van der Waals surface area contributed by atoms with Crippen LogP contribution in [0.25, 0.3) is 0 Å². The Morgan fingerprint density at radius 2 is 1.76 bits per heavy atom. The first kappa shape index (κ1) is 14.9. The van der Waals surface area contributed by atoms with Gasteiger partial charge in [-0.15, -0.1) is 0 Å². The van der Waals surface area contributed by atoms with Crippen LogP contribution in [-0.2, 0) is 43.9 Å². The summed E-state index contributed by atoms with van der Waals surface area (Å²) in [5.74, 6) is 0.234. The third-order valence-corrected chi connectivity index (χ3v) is 4.26. The molecule has 0 N–H and O–H groups in total. The van der Waals surface area contributed by atoms with E-state index in [0.717, 1.165) is 6.42 Å². The summed E-state index contributed by atoms with van der Waals surface area (Å²) >= 11 is 0. The van der Waals surface area contributed by atoms with E-state index in [9.17, 15) is 4.79 Å². The molecule has 0 aliphatic carbocycles. The number of hydrogen-bond donors (Lipinski definition) is 0. The van der Waals surface area contributed by atoms with E-state index in [-0.39, 0.29) is 49.6 Å². The smallest absolute Gasteiger partial charge is 0.230 e. The number of benzene rings is 1. The SMILES string of the molecule is CN1C(=O)C(C)(C)C1(C)Cc1cc[c-]cc1.[Y]. The van der Waals surface area contributed by atoms with Gasteiger partial charge in [0.05, 0.1) is 11.0 Å². The van der Waals surface area contributed by atoms with E-state index in [4.69, 9.17) is 0 Å². The van der Waals surface area contributed by atoms with Crippen LogP contribution in [0.15, 0.2) is 24.3 Å². The molecule has 1 aromatic carbocycles. The van der Waals surface area contributed by atoms with E-state index in [1.165, 1.54) is 5.56 Å². The van der Waals surface area contributed by atoms with Crippen LogP contribution in [0, 0.1) is 11.5 Å². The molecule has 1 radical (unpaired) electrons. The van der Waals surface area contributed by atoms with E-state index >= 15 is 0 Å². The quantitative estimate of drug-likeness (QED) is 0.606. The molecule has 0 saturated carbocycles. The summed E-state index contributed by atoms with van der Waals surface area (Å²) in [5.41, 5.74) is 0.917. The first-order chi connectivity index (χ1) is 7.39. The third kappa shape index (κ3) is 2.10. The number of rotatable bonds is 2. The molecule has 1 saturated heterocycles. The minimum absolute atomic E-state index is 0. The fraction of sp³-hybridized carbons (Fsp3) is 0.500. The molecule has 0 bridgehead atoms. The molecule has 1 aliphatic heterocycles. The van der Waals surface area contributed by atoms with Crippen molar-refractivity contribution in [1.82, 2.24) is 4.90 Å². The monoisotopic (exact) mass is 305 g/mol. The first-order valence-corrected chi connectivity index (χ1v) is 5.63. The van der Waals surface area contributed by atoms with Gasteiger partial charge in [0, 0.05) is 39.8 Å². The van der Waals surface area contributed by atoms with Gasteiger partial charge in [0.1, 0.15) is 0 Å². The zero-order valence-corrected chi connectivity index (χ0v) is 13.8. The molecule has 1 aliphatic rings. The van der Waals surface area contributed by atoms with Crippen molar-refractivity contribution in [1.29, 1.82) is 0 Å². The predicted octanol–water partition coefficient (Wildman–Crippen LogP) is 2.28. The predicted molar refractivity (Wildman–Crippen MR) is 63.9 cm³/mol. The van der Waals surface area contributed by atoms with Gasteiger partial charge in [-0.1, -0.05) is 0 Å². The topological polar surface area (TPSA) is 20.3 Å². The Morgan fingerprint density at radius 1 is 1.24 bits per heavy atom. The molecule has 0 aromatic heterocycles. The van der Waals surface area contributed by atoms with Crippen molar-refractivity contribution in [3.63, 3.8) is 0 Å². The number of likely N-dealkylation sites (N-methyl/N-ethyl adjacent to an activating group) is 1. The van der Waals surface area contributed by atoms with Gasteiger partial charge < -0.3 is 4.90 Å². The van der Waals surface area contributed by atoms with E-state index in [2.05, 4.69) is 25.1 Å². The molecule has 1 atom stereocenters. The normalized spacial score (nSPS) is 26.1. The first-order valence-electron chi connectivity index (χ1n) is 5.63. The Kier molecular flexibility index (Phi) is 4.21. The molecule has 2 nitrogen and oxygen atoms in total. The van der Waals surface area contributed by atoms with Gasteiger partial charge in [-0.05, 0) is 27.2 Å². The van der Waals surface area contributed by atoms with Crippen LogP contribution >= 0.6 is 0 Å². The standard InChI is InChI=1S/C14H18NO.Y/c1-13(2)12(16)15(4)14(13,3)10-11-8-6-5-7-9-11;/h6-9H,10H2,1-4H3;/q-1;. The van der Waals surface area contributed by atoms with Gasteiger partial charge in [-0.25, -0.2) is 0 Å². The molecule has 1 fully saturated rings. The Bertz CT molecular complexity index is 415. The molecule has 1 unspecified atom stereocenters. The molecule has 1 aromatic rings. The number of hydrogen-bond acceptors (Lipinski definition) is 1. The molecular weight excluding hydrogens is 287 g/mol. The molecule has 1 amide bonds. The number of likely N-dealkylation sites (tertiary alicyclic amines) is 1. The molecule has 17 heavy (non-hydrogen) atoms. The molecule has 1 heterocycles. The average Bonchev–Trinajstić information content (AvgIpc) is 2.28. The fourth-order valence-corrected chi connectivity index (χ4v) is 2.52. The number of β-lactam (4-membered cyclic amide) rings is 1. The number of carbonyl (C=O) groups is 1. The summed E-state index contributed by atoms with van der Waals surface area (Å²) in [6, 6.07) is 11.0. The zero-order valence-electron chi connectivity index (χ0n) is 10.9. The molecular formula is C14H18NOY-. The van der Waals surface area contributed by atoms with Gasteiger partial charge in [0.2, 0.25) is 5.91 Å². The second-order valence-electron chi connectivity index (χ2n) is 5.35. The molecule has 2 rings (SSSR count). The van der Waals surface area contributed by atoms with Crippen LogP contribution in [0.1, 0.15) is 26.3 Å². The summed E-state index contributed by atoms with van der Waals surface area (Å²) in [6.45, 7) is 6.22. The zero-order chi connectivity index (χ0) is 12.0. The summed E-state index contributed by atoms with van der Waals surface area (Å²) in [6.07, 6.45) is 0.900. The van der Waals surface area contributed by atoms with Gasteiger partial charge in [-0.2, -0.15) is 35.9 Å². The van der Waals surface area contributed by atoms with Crippen LogP contribution in [0.2, 0.25) is 0 Å². The Morgan fingerprint density at radius 3 is 2.24 bits per heavy atom. The summed E-state index contributed by atoms with van der Waals surface area (Å²) in [4.78, 5) is 13.7. The largest absolute Gasteiger partial charge is 0.339 e. The number of amides is 1. The van der Waals surface area contributed by atoms with Crippen LogP contribution < -0.4 is 0 Å². The second-order valence-corrected chi connectivity index (χ2v) is 5.35. The van der Waals surface area contributed by atoms with Crippen LogP contribution in [0.4, 0.5) is 0 Å². The summed E-state index contributed by atoms with van der Waals surface area (Å²) in [5, 5.41) is 0. The van der Waals surface area contributed by atoms with Crippen molar-refractivity contribution >= 4 is 5.91 Å². The Balaban J connectivity index is 0.00000144. The maximum absolute atomic E-state index is 11.8. The number of nitrogens with zero attached hydrogens (tertiary/aromatic N) is 1. The van der Waals surface area contributed by atoms with Crippen molar-refractivity contribution in [3.8, 4) is 0 Å². The van der Waals surface area contributed by atoms with Crippen molar-refractivity contribution < 1.29 is 37.5 Å². The van der Waals surface area contributed by atoms with Crippen molar-refractivity contribution in [3.05, 3.63) is 35.9 Å². The fourth-order valence-electron chi connectivity index (χ4n) is 2.52. The van der Waals surface area contributed by atoms with E-state index in [0.29, 0.717) is 0 Å². The Hall–Kier alpha value is -0.206.